The Bertz CT molecular complexity index is 826. The number of rotatable bonds is 5. The molecule has 0 heterocycles. The Morgan fingerprint density at radius 2 is 1.88 bits per heavy atom. The highest BCUT2D eigenvalue weighted by molar-refractivity contribution is 6.31. The lowest BCUT2D eigenvalue weighted by molar-refractivity contribution is -0.121. The summed E-state index contributed by atoms with van der Waals surface area (Å²) in [5.74, 6) is -1.51. The van der Waals surface area contributed by atoms with Crippen LogP contribution in [0.5, 0.6) is 5.75 Å². The number of halogens is 2. The normalized spacial score (nSPS) is 10.0. The quantitative estimate of drug-likeness (QED) is 0.796. The number of ketones is 1. The van der Waals surface area contributed by atoms with E-state index in [0.29, 0.717) is 5.02 Å². The van der Waals surface area contributed by atoms with Gasteiger partial charge in [0.2, 0.25) is 0 Å². The van der Waals surface area contributed by atoms with E-state index in [4.69, 9.17) is 16.3 Å². The summed E-state index contributed by atoms with van der Waals surface area (Å²) < 4.78 is 18.7. The maximum absolute atomic E-state index is 13.4. The van der Waals surface area contributed by atoms with Crippen LogP contribution < -0.4 is 15.4 Å². The van der Waals surface area contributed by atoms with E-state index in [9.17, 15) is 18.8 Å². The molecular formula is C17H14ClFN2O4. The predicted molar refractivity (Wildman–Crippen MR) is 90.5 cm³/mol. The first-order valence-electron chi connectivity index (χ1n) is 7.15. The van der Waals surface area contributed by atoms with Crippen LogP contribution in [0, 0.1) is 5.82 Å². The Labute approximate surface area is 147 Å². The minimum atomic E-state index is -0.901. The number of benzene rings is 2. The van der Waals surface area contributed by atoms with Gasteiger partial charge in [0.05, 0.1) is 11.3 Å². The van der Waals surface area contributed by atoms with Crippen LogP contribution in [0.25, 0.3) is 0 Å². The van der Waals surface area contributed by atoms with Gasteiger partial charge in [0.1, 0.15) is 11.6 Å². The molecule has 0 aliphatic carbocycles. The van der Waals surface area contributed by atoms with Gasteiger partial charge in [-0.2, -0.15) is 0 Å². The molecule has 0 bridgehead atoms. The number of ether oxygens (including phenoxy) is 1. The number of carbonyl (C=O) groups excluding carboxylic acids is 3. The summed E-state index contributed by atoms with van der Waals surface area (Å²) in [6, 6.07) is 9.00. The maximum Gasteiger partial charge on any atom is 0.326 e. The molecule has 8 heteroatoms. The van der Waals surface area contributed by atoms with Crippen LogP contribution >= 0.6 is 11.6 Å². The molecule has 0 saturated heterocycles. The van der Waals surface area contributed by atoms with Crippen molar-refractivity contribution < 1.29 is 23.5 Å². The van der Waals surface area contributed by atoms with Crippen molar-refractivity contribution >= 4 is 35.0 Å². The highest BCUT2D eigenvalue weighted by Gasteiger charge is 2.13. The zero-order chi connectivity index (χ0) is 18.4. The lowest BCUT2D eigenvalue weighted by Crippen LogP contribution is -2.37. The van der Waals surface area contributed by atoms with Gasteiger partial charge in [-0.1, -0.05) is 23.7 Å². The minimum absolute atomic E-state index is 0.0646. The molecule has 0 atom stereocenters. The second-order valence-corrected chi connectivity index (χ2v) is 5.40. The van der Waals surface area contributed by atoms with E-state index < -0.39 is 24.4 Å². The van der Waals surface area contributed by atoms with Crippen molar-refractivity contribution in [1.29, 1.82) is 0 Å². The van der Waals surface area contributed by atoms with Gasteiger partial charge in [-0.25, -0.2) is 9.18 Å². The van der Waals surface area contributed by atoms with Crippen LogP contribution in [0.3, 0.4) is 0 Å². The summed E-state index contributed by atoms with van der Waals surface area (Å²) in [7, 11) is 0. The van der Waals surface area contributed by atoms with Crippen LogP contribution in [0.4, 0.5) is 14.9 Å². The highest BCUT2D eigenvalue weighted by atomic mass is 35.5. The molecule has 0 spiro atoms. The van der Waals surface area contributed by atoms with Gasteiger partial charge in [-0.15, -0.1) is 0 Å². The van der Waals surface area contributed by atoms with Gasteiger partial charge in [0.15, 0.2) is 12.4 Å². The highest BCUT2D eigenvalue weighted by Crippen LogP contribution is 2.23. The molecule has 0 radical (unpaired) electrons. The van der Waals surface area contributed by atoms with Gasteiger partial charge in [0.25, 0.3) is 5.91 Å². The lowest BCUT2D eigenvalue weighted by atomic mass is 10.1. The SMILES string of the molecule is CC(=O)c1cc(Cl)ccc1OCC(=O)NC(=O)Nc1ccccc1F. The van der Waals surface area contributed by atoms with E-state index in [2.05, 4.69) is 5.32 Å². The van der Waals surface area contributed by atoms with E-state index in [1.165, 1.54) is 49.4 Å². The fraction of sp³-hybridized carbons (Fsp3) is 0.118. The van der Waals surface area contributed by atoms with Gasteiger partial charge in [0, 0.05) is 5.02 Å². The van der Waals surface area contributed by atoms with Gasteiger partial charge in [-0.3, -0.25) is 14.9 Å². The summed E-state index contributed by atoms with van der Waals surface area (Å²) in [5.41, 5.74) is 0.154. The standard InChI is InChI=1S/C17H14ClFN2O4/c1-10(22)12-8-11(18)6-7-15(12)25-9-16(23)21-17(24)20-14-5-3-2-4-13(14)19/h2-8H,9H2,1H3,(H2,20,21,23,24). The zero-order valence-electron chi connectivity index (χ0n) is 13.1. The largest absolute Gasteiger partial charge is 0.483 e. The first-order chi connectivity index (χ1) is 11.9. The molecule has 6 nitrogen and oxygen atoms in total. The number of nitrogens with one attached hydrogen (secondary N) is 2. The van der Waals surface area contributed by atoms with Gasteiger partial charge < -0.3 is 10.1 Å². The number of urea groups is 1. The Morgan fingerprint density at radius 3 is 2.56 bits per heavy atom. The number of hydrogen-bond donors (Lipinski definition) is 2. The Hall–Kier alpha value is -2.93. The third-order valence-corrected chi connectivity index (χ3v) is 3.29. The molecule has 2 N–H and O–H groups in total. The van der Waals surface area contributed by atoms with Crippen molar-refractivity contribution in [3.05, 3.63) is 58.9 Å². The smallest absolute Gasteiger partial charge is 0.326 e. The number of carbonyl (C=O) groups is 3. The summed E-state index contributed by atoms with van der Waals surface area (Å²) >= 11 is 5.81. The fourth-order valence-electron chi connectivity index (χ4n) is 1.93. The molecule has 130 valence electrons. The average Bonchev–Trinajstić information content (AvgIpc) is 2.55. The summed E-state index contributed by atoms with van der Waals surface area (Å²) in [4.78, 5) is 35.0. The molecule has 2 aromatic carbocycles. The molecular weight excluding hydrogens is 351 g/mol. The molecule has 2 aromatic rings. The lowest BCUT2D eigenvalue weighted by Gasteiger charge is -2.11. The topological polar surface area (TPSA) is 84.5 Å². The Kier molecular flexibility index (Phi) is 6.08. The van der Waals surface area contributed by atoms with Crippen LogP contribution in [0.1, 0.15) is 17.3 Å². The zero-order valence-corrected chi connectivity index (χ0v) is 13.9. The van der Waals surface area contributed by atoms with Crippen molar-refractivity contribution in [2.45, 2.75) is 6.92 Å². The molecule has 0 aliphatic rings. The van der Waals surface area contributed by atoms with Crippen molar-refractivity contribution in [3.8, 4) is 5.75 Å². The predicted octanol–water partition coefficient (Wildman–Crippen LogP) is 3.41. The summed E-state index contributed by atoms with van der Waals surface area (Å²) in [6.45, 7) is 0.826. The number of imide groups is 1. The first-order valence-corrected chi connectivity index (χ1v) is 7.53. The Balaban J connectivity index is 1.92. The minimum Gasteiger partial charge on any atom is -0.483 e. The van der Waals surface area contributed by atoms with Crippen LogP contribution in [-0.2, 0) is 4.79 Å². The summed E-state index contributed by atoms with van der Waals surface area (Å²) in [5, 5.41) is 4.55. The van der Waals surface area contributed by atoms with E-state index in [1.807, 2.05) is 5.32 Å². The van der Waals surface area contributed by atoms with Crippen molar-refractivity contribution in [3.63, 3.8) is 0 Å². The number of Topliss-reactive ketones (excluding diaryl/α,β-unsaturated/α-hetero) is 1. The van der Waals surface area contributed by atoms with Crippen LogP contribution in [0.15, 0.2) is 42.5 Å². The van der Waals surface area contributed by atoms with E-state index in [1.54, 1.807) is 0 Å². The number of hydrogen-bond acceptors (Lipinski definition) is 4. The van der Waals surface area contributed by atoms with E-state index in [-0.39, 0.29) is 22.8 Å². The fourth-order valence-corrected chi connectivity index (χ4v) is 2.10. The molecule has 0 fully saturated rings. The monoisotopic (exact) mass is 364 g/mol. The Morgan fingerprint density at radius 1 is 1.16 bits per heavy atom. The van der Waals surface area contributed by atoms with Crippen LogP contribution in [0.2, 0.25) is 5.02 Å². The van der Waals surface area contributed by atoms with Gasteiger partial charge >= 0.3 is 6.03 Å². The number of para-hydroxylation sites is 1. The molecule has 25 heavy (non-hydrogen) atoms. The van der Waals surface area contributed by atoms with E-state index >= 15 is 0 Å². The molecule has 0 aromatic heterocycles. The second kappa shape index (κ2) is 8.25. The number of amides is 3. The first kappa shape index (κ1) is 18.4. The third kappa shape index (κ3) is 5.29. The molecule has 0 unspecified atom stereocenters. The molecule has 0 aliphatic heterocycles. The van der Waals surface area contributed by atoms with Crippen molar-refractivity contribution in [2.75, 3.05) is 11.9 Å². The number of anilines is 1. The van der Waals surface area contributed by atoms with E-state index in [0.717, 1.165) is 0 Å². The molecule has 0 saturated carbocycles. The second-order valence-electron chi connectivity index (χ2n) is 4.97. The van der Waals surface area contributed by atoms with Crippen LogP contribution in [-0.4, -0.2) is 24.3 Å². The van der Waals surface area contributed by atoms with Gasteiger partial charge in [-0.05, 0) is 37.3 Å². The summed E-state index contributed by atoms with van der Waals surface area (Å²) in [6.07, 6.45) is 0. The van der Waals surface area contributed by atoms with Crippen molar-refractivity contribution in [1.82, 2.24) is 5.32 Å². The molecule has 3 amide bonds. The maximum atomic E-state index is 13.4. The third-order valence-electron chi connectivity index (χ3n) is 3.05. The van der Waals surface area contributed by atoms with Crippen molar-refractivity contribution in [2.24, 2.45) is 0 Å². The molecule has 2 rings (SSSR count). The average molecular weight is 365 g/mol.